The van der Waals surface area contributed by atoms with Gasteiger partial charge in [0.1, 0.15) is 0 Å². The molecule has 1 unspecified atom stereocenters. The van der Waals surface area contributed by atoms with Crippen LogP contribution in [0.2, 0.25) is 0 Å². The Morgan fingerprint density at radius 2 is 1.82 bits per heavy atom. The Labute approximate surface area is 169 Å². The predicted molar refractivity (Wildman–Crippen MR) is 113 cm³/mol. The van der Waals surface area contributed by atoms with E-state index in [2.05, 4.69) is 46.8 Å². The lowest BCUT2D eigenvalue weighted by atomic mass is 9.99. The van der Waals surface area contributed by atoms with Crippen molar-refractivity contribution in [2.45, 2.75) is 45.2 Å². The lowest BCUT2D eigenvalue weighted by molar-refractivity contribution is -0.113. The quantitative estimate of drug-likeness (QED) is 0.595. The first-order chi connectivity index (χ1) is 13.5. The second-order valence-electron chi connectivity index (χ2n) is 6.88. The number of hydrogen-bond acceptors (Lipinski definition) is 5. The summed E-state index contributed by atoms with van der Waals surface area (Å²) in [5.41, 5.74) is 5.20. The number of rotatable bonds is 7. The van der Waals surface area contributed by atoms with E-state index in [0.717, 1.165) is 28.9 Å². The molecule has 2 aromatic carbocycles. The number of thioether (sulfide) groups is 1. The molecule has 7 heteroatoms. The summed E-state index contributed by atoms with van der Waals surface area (Å²) in [5.74, 6) is 0.666. The number of amides is 1. The van der Waals surface area contributed by atoms with Gasteiger partial charge in [0.05, 0.1) is 11.4 Å². The highest BCUT2D eigenvalue weighted by Crippen LogP contribution is 2.24. The number of hydrogen-bond donors (Lipinski definition) is 1. The minimum absolute atomic E-state index is 0.0858. The van der Waals surface area contributed by atoms with Gasteiger partial charge in [-0.3, -0.25) is 4.79 Å². The molecule has 0 aliphatic heterocycles. The molecule has 146 valence electrons. The van der Waals surface area contributed by atoms with E-state index in [4.69, 9.17) is 0 Å². The Morgan fingerprint density at radius 3 is 2.46 bits per heavy atom. The lowest BCUT2D eigenvalue weighted by Gasteiger charge is -2.11. The van der Waals surface area contributed by atoms with Crippen LogP contribution >= 0.6 is 11.8 Å². The van der Waals surface area contributed by atoms with Crippen molar-refractivity contribution in [1.29, 1.82) is 0 Å². The zero-order chi connectivity index (χ0) is 20.1. The minimum Gasteiger partial charge on any atom is -0.325 e. The molecule has 1 aromatic heterocycles. The van der Waals surface area contributed by atoms with Crippen LogP contribution in [0.3, 0.4) is 0 Å². The highest BCUT2D eigenvalue weighted by atomic mass is 32.2. The van der Waals surface area contributed by atoms with Gasteiger partial charge in [-0.2, -0.15) is 4.68 Å². The number of carbonyl (C=O) groups is 1. The van der Waals surface area contributed by atoms with Crippen molar-refractivity contribution in [2.24, 2.45) is 0 Å². The van der Waals surface area contributed by atoms with E-state index < -0.39 is 0 Å². The van der Waals surface area contributed by atoms with E-state index in [-0.39, 0.29) is 11.7 Å². The van der Waals surface area contributed by atoms with Gasteiger partial charge >= 0.3 is 0 Å². The fraction of sp³-hybridized carbons (Fsp3) is 0.333. The maximum Gasteiger partial charge on any atom is 0.234 e. The fourth-order valence-corrected chi connectivity index (χ4v) is 3.68. The number of benzene rings is 2. The van der Waals surface area contributed by atoms with Crippen LogP contribution in [-0.2, 0) is 4.79 Å². The van der Waals surface area contributed by atoms with Crippen LogP contribution in [-0.4, -0.2) is 31.9 Å². The Kier molecular flexibility index (Phi) is 6.46. The number of carbonyl (C=O) groups excluding carboxylic acids is 1. The molecule has 3 aromatic rings. The maximum absolute atomic E-state index is 12.4. The van der Waals surface area contributed by atoms with Crippen molar-refractivity contribution in [3.8, 4) is 5.69 Å². The molecule has 0 saturated heterocycles. The third-order valence-corrected chi connectivity index (χ3v) is 5.72. The topological polar surface area (TPSA) is 72.7 Å². The zero-order valence-corrected chi connectivity index (χ0v) is 17.5. The van der Waals surface area contributed by atoms with E-state index in [1.165, 1.54) is 17.3 Å². The summed E-state index contributed by atoms with van der Waals surface area (Å²) in [6.07, 6.45) is 1.09. The standard InChI is InChI=1S/C21H25N5OS/c1-5-14(2)17-9-11-18(12-10-17)22-19(27)13-28-21-23-24-25-26(21)20-15(3)7-6-8-16(20)4/h6-12,14H,5,13H2,1-4H3,(H,22,27). The molecule has 0 bridgehead atoms. The zero-order valence-electron chi connectivity index (χ0n) is 16.6. The van der Waals surface area contributed by atoms with E-state index >= 15 is 0 Å². The summed E-state index contributed by atoms with van der Waals surface area (Å²) in [4.78, 5) is 12.4. The number of anilines is 1. The largest absolute Gasteiger partial charge is 0.325 e. The monoisotopic (exact) mass is 395 g/mol. The summed E-state index contributed by atoms with van der Waals surface area (Å²) in [5, 5.41) is 15.5. The van der Waals surface area contributed by atoms with E-state index in [1.807, 2.05) is 44.2 Å². The molecule has 28 heavy (non-hydrogen) atoms. The third-order valence-electron chi connectivity index (χ3n) is 4.80. The second kappa shape index (κ2) is 9.01. The third kappa shape index (κ3) is 4.59. The molecular weight excluding hydrogens is 370 g/mol. The molecule has 0 saturated carbocycles. The van der Waals surface area contributed by atoms with Gasteiger partial charge in [0.2, 0.25) is 11.1 Å². The van der Waals surface area contributed by atoms with Gasteiger partial charge in [-0.05, 0) is 65.4 Å². The molecule has 0 spiro atoms. The summed E-state index contributed by atoms with van der Waals surface area (Å²) in [6, 6.07) is 14.1. The number of aryl methyl sites for hydroxylation is 2. The predicted octanol–water partition coefficient (Wildman–Crippen LogP) is 4.52. The minimum atomic E-state index is -0.0858. The van der Waals surface area contributed by atoms with Gasteiger partial charge in [-0.15, -0.1) is 5.10 Å². The molecule has 0 aliphatic rings. The number of nitrogens with zero attached hydrogens (tertiary/aromatic N) is 4. The van der Waals surface area contributed by atoms with E-state index in [0.29, 0.717) is 11.1 Å². The average Bonchev–Trinajstić information content (AvgIpc) is 3.14. The smallest absolute Gasteiger partial charge is 0.234 e. The van der Waals surface area contributed by atoms with E-state index in [1.54, 1.807) is 4.68 Å². The molecule has 1 N–H and O–H groups in total. The Balaban J connectivity index is 1.64. The number of nitrogens with one attached hydrogen (secondary N) is 1. The van der Waals surface area contributed by atoms with Gasteiger partial charge < -0.3 is 5.32 Å². The van der Waals surface area contributed by atoms with Crippen LogP contribution in [0.15, 0.2) is 47.6 Å². The molecule has 3 rings (SSSR count). The first-order valence-corrected chi connectivity index (χ1v) is 10.4. The van der Waals surface area contributed by atoms with Crippen molar-refractivity contribution in [1.82, 2.24) is 20.2 Å². The van der Waals surface area contributed by atoms with Gasteiger partial charge in [-0.1, -0.05) is 55.9 Å². The molecule has 1 heterocycles. The van der Waals surface area contributed by atoms with Crippen LogP contribution < -0.4 is 5.32 Å². The fourth-order valence-electron chi connectivity index (χ4n) is 3.01. The molecule has 0 fully saturated rings. The SMILES string of the molecule is CCC(C)c1ccc(NC(=O)CSc2nnnn2-c2c(C)cccc2C)cc1. The van der Waals surface area contributed by atoms with Crippen molar-refractivity contribution in [3.63, 3.8) is 0 Å². The summed E-state index contributed by atoms with van der Waals surface area (Å²) >= 11 is 1.32. The molecule has 1 atom stereocenters. The van der Waals surface area contributed by atoms with Gasteiger partial charge in [0.25, 0.3) is 0 Å². The Bertz CT molecular complexity index is 931. The first-order valence-electron chi connectivity index (χ1n) is 9.37. The van der Waals surface area contributed by atoms with Crippen molar-refractivity contribution >= 4 is 23.4 Å². The summed E-state index contributed by atoms with van der Waals surface area (Å²) in [7, 11) is 0. The number of aromatic nitrogens is 4. The molecule has 6 nitrogen and oxygen atoms in total. The molecule has 0 aliphatic carbocycles. The van der Waals surface area contributed by atoms with Crippen LogP contribution in [0.4, 0.5) is 5.69 Å². The maximum atomic E-state index is 12.4. The van der Waals surface area contributed by atoms with Crippen molar-refractivity contribution < 1.29 is 4.79 Å². The summed E-state index contributed by atoms with van der Waals surface area (Å²) in [6.45, 7) is 8.41. The highest BCUT2D eigenvalue weighted by molar-refractivity contribution is 7.99. The molecular formula is C21H25N5OS. The van der Waals surface area contributed by atoms with Crippen LogP contribution in [0.25, 0.3) is 5.69 Å². The van der Waals surface area contributed by atoms with Gasteiger partial charge in [0.15, 0.2) is 0 Å². The Hall–Kier alpha value is -2.67. The van der Waals surface area contributed by atoms with Crippen molar-refractivity contribution in [3.05, 3.63) is 59.2 Å². The number of para-hydroxylation sites is 1. The second-order valence-corrected chi connectivity index (χ2v) is 7.82. The number of tetrazole rings is 1. The van der Waals surface area contributed by atoms with Crippen LogP contribution in [0.5, 0.6) is 0 Å². The average molecular weight is 396 g/mol. The van der Waals surface area contributed by atoms with Crippen LogP contribution in [0.1, 0.15) is 42.9 Å². The Morgan fingerprint density at radius 1 is 1.14 bits per heavy atom. The van der Waals surface area contributed by atoms with Crippen molar-refractivity contribution in [2.75, 3.05) is 11.1 Å². The van der Waals surface area contributed by atoms with Gasteiger partial charge in [0, 0.05) is 5.69 Å². The lowest BCUT2D eigenvalue weighted by Crippen LogP contribution is -2.15. The van der Waals surface area contributed by atoms with Gasteiger partial charge in [-0.25, -0.2) is 0 Å². The first kappa shape index (κ1) is 20.1. The van der Waals surface area contributed by atoms with Crippen LogP contribution in [0, 0.1) is 13.8 Å². The highest BCUT2D eigenvalue weighted by Gasteiger charge is 2.15. The molecule has 0 radical (unpaired) electrons. The molecule has 1 amide bonds. The van der Waals surface area contributed by atoms with E-state index in [9.17, 15) is 4.79 Å². The normalized spacial score (nSPS) is 12.0. The summed E-state index contributed by atoms with van der Waals surface area (Å²) < 4.78 is 1.70.